The highest BCUT2D eigenvalue weighted by atomic mass is 16.2. The van der Waals surface area contributed by atoms with Gasteiger partial charge in [0.25, 0.3) is 5.91 Å². The third kappa shape index (κ3) is 5.03. The SMILES string of the molecule is Cc1ccc(C(=O)Nc2ccccc2)cc1NCC(=O)N1c2ccccc2NC(=O)CC1C. The molecule has 0 fully saturated rings. The zero-order valence-corrected chi connectivity index (χ0v) is 18.6. The molecule has 33 heavy (non-hydrogen) atoms. The van der Waals surface area contributed by atoms with Crippen LogP contribution in [0.1, 0.15) is 29.3 Å². The van der Waals surface area contributed by atoms with Gasteiger partial charge in [-0.2, -0.15) is 0 Å². The van der Waals surface area contributed by atoms with E-state index in [1.807, 2.05) is 68.4 Å². The summed E-state index contributed by atoms with van der Waals surface area (Å²) in [6.07, 6.45) is 0.217. The molecule has 168 valence electrons. The van der Waals surface area contributed by atoms with Crippen LogP contribution in [0.3, 0.4) is 0 Å². The van der Waals surface area contributed by atoms with Crippen LogP contribution in [0.4, 0.5) is 22.7 Å². The van der Waals surface area contributed by atoms with Crippen molar-refractivity contribution >= 4 is 40.5 Å². The molecule has 1 aliphatic heterocycles. The summed E-state index contributed by atoms with van der Waals surface area (Å²) < 4.78 is 0. The highest BCUT2D eigenvalue weighted by Gasteiger charge is 2.29. The molecule has 0 spiro atoms. The van der Waals surface area contributed by atoms with Crippen molar-refractivity contribution in [3.63, 3.8) is 0 Å². The van der Waals surface area contributed by atoms with Crippen molar-refractivity contribution in [1.82, 2.24) is 0 Å². The maximum Gasteiger partial charge on any atom is 0.255 e. The molecule has 0 aromatic heterocycles. The molecule has 3 amide bonds. The Kier molecular flexibility index (Phi) is 6.40. The number of nitrogens with zero attached hydrogens (tertiary/aromatic N) is 1. The molecular weight excluding hydrogens is 416 g/mol. The number of rotatable bonds is 5. The lowest BCUT2D eigenvalue weighted by molar-refractivity contribution is -0.118. The van der Waals surface area contributed by atoms with Crippen molar-refractivity contribution in [2.24, 2.45) is 0 Å². The summed E-state index contributed by atoms with van der Waals surface area (Å²) in [4.78, 5) is 39.7. The summed E-state index contributed by atoms with van der Waals surface area (Å²) in [7, 11) is 0. The van der Waals surface area contributed by atoms with Gasteiger partial charge in [-0.1, -0.05) is 36.4 Å². The third-order valence-corrected chi connectivity index (χ3v) is 5.59. The zero-order valence-electron chi connectivity index (χ0n) is 18.6. The van der Waals surface area contributed by atoms with Crippen LogP contribution in [0.2, 0.25) is 0 Å². The van der Waals surface area contributed by atoms with E-state index in [9.17, 15) is 14.4 Å². The molecule has 4 rings (SSSR count). The van der Waals surface area contributed by atoms with Crippen LogP contribution in [0, 0.1) is 6.92 Å². The molecule has 7 nitrogen and oxygen atoms in total. The number of benzene rings is 3. The quantitative estimate of drug-likeness (QED) is 0.545. The smallest absolute Gasteiger partial charge is 0.255 e. The van der Waals surface area contributed by atoms with Gasteiger partial charge in [0.2, 0.25) is 11.8 Å². The van der Waals surface area contributed by atoms with Crippen LogP contribution in [0.15, 0.2) is 72.8 Å². The predicted molar refractivity (Wildman–Crippen MR) is 131 cm³/mol. The van der Waals surface area contributed by atoms with E-state index in [-0.39, 0.29) is 36.7 Å². The van der Waals surface area contributed by atoms with Gasteiger partial charge in [-0.25, -0.2) is 0 Å². The fraction of sp³-hybridized carbons (Fsp3) is 0.192. The molecular formula is C26H26N4O3. The number of amides is 3. The number of para-hydroxylation sites is 3. The van der Waals surface area contributed by atoms with E-state index in [0.29, 0.717) is 28.3 Å². The van der Waals surface area contributed by atoms with Crippen LogP contribution in [0.5, 0.6) is 0 Å². The highest BCUT2D eigenvalue weighted by Crippen LogP contribution is 2.31. The molecule has 7 heteroatoms. The van der Waals surface area contributed by atoms with E-state index in [1.54, 1.807) is 23.1 Å². The number of fused-ring (bicyclic) bond motifs is 1. The van der Waals surface area contributed by atoms with E-state index in [2.05, 4.69) is 16.0 Å². The number of hydrogen-bond donors (Lipinski definition) is 3. The monoisotopic (exact) mass is 442 g/mol. The molecule has 0 saturated heterocycles. The summed E-state index contributed by atoms with van der Waals surface area (Å²) in [5.74, 6) is -0.508. The topological polar surface area (TPSA) is 90.5 Å². The number of nitrogens with one attached hydrogen (secondary N) is 3. The average molecular weight is 443 g/mol. The number of aryl methyl sites for hydroxylation is 1. The van der Waals surface area contributed by atoms with Gasteiger partial charge in [0.15, 0.2) is 0 Å². The fourth-order valence-electron chi connectivity index (χ4n) is 3.90. The van der Waals surface area contributed by atoms with Crippen LogP contribution in [-0.2, 0) is 9.59 Å². The van der Waals surface area contributed by atoms with Crippen LogP contribution < -0.4 is 20.9 Å². The summed E-state index contributed by atoms with van der Waals surface area (Å²) in [6, 6.07) is 21.6. The molecule has 0 saturated carbocycles. The molecule has 0 radical (unpaired) electrons. The van der Waals surface area contributed by atoms with E-state index < -0.39 is 0 Å². The van der Waals surface area contributed by atoms with E-state index in [0.717, 1.165) is 5.56 Å². The van der Waals surface area contributed by atoms with Gasteiger partial charge in [-0.15, -0.1) is 0 Å². The second-order valence-electron chi connectivity index (χ2n) is 8.09. The molecule has 3 aromatic rings. The Morgan fingerprint density at radius 3 is 2.55 bits per heavy atom. The van der Waals surface area contributed by atoms with Crippen molar-refractivity contribution in [3.05, 3.63) is 83.9 Å². The van der Waals surface area contributed by atoms with Gasteiger partial charge in [0, 0.05) is 29.4 Å². The van der Waals surface area contributed by atoms with Gasteiger partial charge >= 0.3 is 0 Å². The second-order valence-corrected chi connectivity index (χ2v) is 8.09. The van der Waals surface area contributed by atoms with Crippen molar-refractivity contribution in [1.29, 1.82) is 0 Å². The predicted octanol–water partition coefficient (Wildman–Crippen LogP) is 4.42. The Morgan fingerprint density at radius 2 is 1.76 bits per heavy atom. The maximum atomic E-state index is 13.2. The van der Waals surface area contributed by atoms with Crippen molar-refractivity contribution in [2.45, 2.75) is 26.3 Å². The summed E-state index contributed by atoms with van der Waals surface area (Å²) in [6.45, 7) is 3.80. The Labute approximate surface area is 192 Å². The van der Waals surface area contributed by atoms with E-state index in [4.69, 9.17) is 0 Å². The molecule has 3 N–H and O–H groups in total. The Bertz CT molecular complexity index is 1190. The molecule has 1 aliphatic rings. The minimum Gasteiger partial charge on any atom is -0.376 e. The Balaban J connectivity index is 1.50. The highest BCUT2D eigenvalue weighted by molar-refractivity contribution is 6.06. The fourth-order valence-corrected chi connectivity index (χ4v) is 3.90. The maximum absolute atomic E-state index is 13.2. The standard InChI is InChI=1S/C26H26N4O3/c1-17-12-13-19(26(33)28-20-8-4-3-5-9-20)15-22(17)27-16-25(32)30-18(2)14-24(31)29-21-10-6-7-11-23(21)30/h3-13,15,18,27H,14,16H2,1-2H3,(H,28,33)(H,29,31). The molecule has 1 atom stereocenters. The minimum atomic E-state index is -0.285. The number of hydrogen-bond acceptors (Lipinski definition) is 4. The van der Waals surface area contributed by atoms with Crippen LogP contribution in [0.25, 0.3) is 0 Å². The lowest BCUT2D eigenvalue weighted by Gasteiger charge is -2.28. The Hall–Kier alpha value is -4.13. The summed E-state index contributed by atoms with van der Waals surface area (Å²) in [5.41, 5.74) is 4.12. The molecule has 3 aromatic carbocycles. The van der Waals surface area contributed by atoms with Gasteiger partial charge in [-0.3, -0.25) is 14.4 Å². The first-order valence-corrected chi connectivity index (χ1v) is 10.8. The van der Waals surface area contributed by atoms with E-state index in [1.165, 1.54) is 0 Å². The summed E-state index contributed by atoms with van der Waals surface area (Å²) >= 11 is 0. The first-order valence-electron chi connectivity index (χ1n) is 10.8. The zero-order chi connectivity index (χ0) is 23.4. The third-order valence-electron chi connectivity index (χ3n) is 5.59. The number of carbonyl (C=O) groups is 3. The van der Waals surface area contributed by atoms with Crippen LogP contribution in [-0.4, -0.2) is 30.3 Å². The average Bonchev–Trinajstić information content (AvgIpc) is 2.93. The van der Waals surface area contributed by atoms with Gasteiger partial charge in [-0.05, 0) is 55.8 Å². The number of anilines is 4. The summed E-state index contributed by atoms with van der Waals surface area (Å²) in [5, 5.41) is 8.91. The number of carbonyl (C=O) groups excluding carboxylic acids is 3. The molecule has 0 bridgehead atoms. The van der Waals surface area contributed by atoms with E-state index >= 15 is 0 Å². The molecule has 1 heterocycles. The minimum absolute atomic E-state index is 0.0253. The lowest BCUT2D eigenvalue weighted by Crippen LogP contribution is -2.42. The Morgan fingerprint density at radius 1 is 1.03 bits per heavy atom. The largest absolute Gasteiger partial charge is 0.376 e. The lowest BCUT2D eigenvalue weighted by atomic mass is 10.1. The normalized spacial score (nSPS) is 15.2. The van der Waals surface area contributed by atoms with Crippen molar-refractivity contribution in [3.8, 4) is 0 Å². The van der Waals surface area contributed by atoms with Crippen molar-refractivity contribution in [2.75, 3.05) is 27.4 Å². The first kappa shape index (κ1) is 22.1. The van der Waals surface area contributed by atoms with Crippen molar-refractivity contribution < 1.29 is 14.4 Å². The molecule has 0 aliphatic carbocycles. The second kappa shape index (κ2) is 9.56. The first-order chi connectivity index (χ1) is 15.9. The van der Waals surface area contributed by atoms with Gasteiger partial charge < -0.3 is 20.9 Å². The van der Waals surface area contributed by atoms with Crippen LogP contribution >= 0.6 is 0 Å². The van der Waals surface area contributed by atoms with Gasteiger partial charge in [0.05, 0.1) is 17.9 Å². The van der Waals surface area contributed by atoms with Gasteiger partial charge in [0.1, 0.15) is 0 Å². The molecule has 1 unspecified atom stereocenters.